The van der Waals surface area contributed by atoms with Gasteiger partial charge in [-0.05, 0) is 57.2 Å². The summed E-state index contributed by atoms with van der Waals surface area (Å²) in [6.45, 7) is 7.71. The number of fused-ring (bicyclic) bond motifs is 1. The number of H-pyrrole nitrogens is 1. The minimum Gasteiger partial charge on any atom is -0.494 e. The van der Waals surface area contributed by atoms with Gasteiger partial charge in [-0.3, -0.25) is 14.8 Å². The maximum absolute atomic E-state index is 12.6. The van der Waals surface area contributed by atoms with Crippen molar-refractivity contribution in [1.29, 1.82) is 0 Å². The van der Waals surface area contributed by atoms with Crippen molar-refractivity contribution in [2.75, 3.05) is 18.0 Å². The summed E-state index contributed by atoms with van der Waals surface area (Å²) in [7, 11) is 0. The van der Waals surface area contributed by atoms with E-state index in [2.05, 4.69) is 28.7 Å². The molecule has 0 aliphatic carbocycles. The standard InChI is InChI=1S/C24H24N4O3/c1-4-27(5-2)16-10-12-17(13-11-16)28-23(30)20(22(29)26-24(28)31)14-19-15(3)25-21-9-7-6-8-18(19)21/h6-14,30H,4-5H2,1-3H3,(H,26,29,31)/b19-14-. The van der Waals surface area contributed by atoms with E-state index in [0.29, 0.717) is 5.69 Å². The smallest absolute Gasteiger partial charge is 0.335 e. The number of aromatic nitrogens is 2. The molecule has 1 aliphatic rings. The molecule has 0 spiro atoms. The molecule has 0 saturated carbocycles. The van der Waals surface area contributed by atoms with Crippen LogP contribution in [0.3, 0.4) is 0 Å². The Balaban J connectivity index is 1.83. The fourth-order valence-corrected chi connectivity index (χ4v) is 3.87. The summed E-state index contributed by atoms with van der Waals surface area (Å²) in [5.74, 6) is -0.408. The number of nitrogens with one attached hydrogen (secondary N) is 1. The molecule has 2 aromatic carbocycles. The summed E-state index contributed by atoms with van der Waals surface area (Å²) in [6, 6.07) is 14.9. The van der Waals surface area contributed by atoms with Crippen molar-refractivity contribution in [3.8, 4) is 11.6 Å². The Morgan fingerprint density at radius 1 is 1.06 bits per heavy atom. The van der Waals surface area contributed by atoms with E-state index in [4.69, 9.17) is 0 Å². The van der Waals surface area contributed by atoms with Crippen LogP contribution in [0.25, 0.3) is 17.3 Å². The normalized spacial score (nSPS) is 13.9. The molecule has 3 aromatic rings. The first kappa shape index (κ1) is 20.4. The Morgan fingerprint density at radius 3 is 2.42 bits per heavy atom. The zero-order valence-corrected chi connectivity index (χ0v) is 17.7. The predicted molar refractivity (Wildman–Crippen MR) is 125 cm³/mol. The molecular weight excluding hydrogens is 392 g/mol. The highest BCUT2D eigenvalue weighted by molar-refractivity contribution is 6.31. The van der Waals surface area contributed by atoms with Gasteiger partial charge in [-0.25, -0.2) is 9.36 Å². The third-order valence-corrected chi connectivity index (χ3v) is 5.52. The lowest BCUT2D eigenvalue weighted by Gasteiger charge is -2.21. The maximum Gasteiger partial charge on any atom is 0.335 e. The van der Waals surface area contributed by atoms with Crippen LogP contribution in [-0.2, 0) is 0 Å². The van der Waals surface area contributed by atoms with Crippen molar-refractivity contribution < 1.29 is 5.11 Å². The minimum atomic E-state index is -0.697. The third kappa shape index (κ3) is 3.59. The highest BCUT2D eigenvalue weighted by Gasteiger charge is 2.20. The highest BCUT2D eigenvalue weighted by Crippen LogP contribution is 2.36. The van der Waals surface area contributed by atoms with Crippen molar-refractivity contribution in [2.24, 2.45) is 4.99 Å². The zero-order chi connectivity index (χ0) is 22.1. The number of nitrogens with zero attached hydrogens (tertiary/aromatic N) is 3. The quantitative estimate of drug-likeness (QED) is 0.663. The van der Waals surface area contributed by atoms with Crippen LogP contribution in [0.15, 0.2) is 63.1 Å². The van der Waals surface area contributed by atoms with Crippen LogP contribution in [-0.4, -0.2) is 33.5 Å². The van der Waals surface area contributed by atoms with Gasteiger partial charge in [-0.2, -0.15) is 0 Å². The summed E-state index contributed by atoms with van der Waals surface area (Å²) in [5, 5.41) is 10.9. The number of aromatic hydroxyl groups is 1. The zero-order valence-electron chi connectivity index (χ0n) is 17.7. The number of aromatic amines is 1. The summed E-state index contributed by atoms with van der Waals surface area (Å²) < 4.78 is 1.10. The summed E-state index contributed by atoms with van der Waals surface area (Å²) in [6.07, 6.45) is 1.58. The molecule has 0 radical (unpaired) electrons. The molecule has 1 aromatic heterocycles. The van der Waals surface area contributed by atoms with E-state index in [9.17, 15) is 14.7 Å². The van der Waals surface area contributed by atoms with Crippen molar-refractivity contribution in [1.82, 2.24) is 9.55 Å². The van der Waals surface area contributed by atoms with Crippen LogP contribution in [0.4, 0.5) is 11.4 Å². The number of hydrogen-bond donors (Lipinski definition) is 2. The largest absolute Gasteiger partial charge is 0.494 e. The fourth-order valence-electron chi connectivity index (χ4n) is 3.87. The predicted octanol–water partition coefficient (Wildman–Crippen LogP) is 3.72. The van der Waals surface area contributed by atoms with Crippen molar-refractivity contribution >= 4 is 28.7 Å². The Bertz CT molecular complexity index is 1310. The molecule has 2 N–H and O–H groups in total. The lowest BCUT2D eigenvalue weighted by atomic mass is 10.0. The average Bonchev–Trinajstić information content (AvgIpc) is 3.07. The fraction of sp³-hybridized carbons (Fsp3) is 0.208. The van der Waals surface area contributed by atoms with Crippen molar-refractivity contribution in [2.45, 2.75) is 20.8 Å². The minimum absolute atomic E-state index is 0.00803. The number of anilines is 1. The summed E-state index contributed by atoms with van der Waals surface area (Å²) in [4.78, 5) is 34.1. The first-order chi connectivity index (χ1) is 14.9. The van der Waals surface area contributed by atoms with Crippen LogP contribution < -0.4 is 16.1 Å². The van der Waals surface area contributed by atoms with E-state index in [1.807, 2.05) is 43.3 Å². The van der Waals surface area contributed by atoms with Gasteiger partial charge >= 0.3 is 5.69 Å². The molecule has 31 heavy (non-hydrogen) atoms. The molecule has 7 nitrogen and oxygen atoms in total. The van der Waals surface area contributed by atoms with Gasteiger partial charge in [-0.15, -0.1) is 0 Å². The SMILES string of the molecule is CCN(CC)c1ccc(-n2c(O)c(/C=C3/C(C)=Nc4ccccc43)c(=O)[nH]c2=O)cc1. The molecule has 0 atom stereocenters. The lowest BCUT2D eigenvalue weighted by molar-refractivity contribution is 0.429. The summed E-state index contributed by atoms with van der Waals surface area (Å²) >= 11 is 0. The molecule has 0 bridgehead atoms. The Morgan fingerprint density at radius 2 is 1.74 bits per heavy atom. The van der Waals surface area contributed by atoms with Gasteiger partial charge in [0, 0.05) is 35.6 Å². The molecule has 158 valence electrons. The number of aliphatic imine (C=N–C) groups is 1. The van der Waals surface area contributed by atoms with Crippen LogP contribution >= 0.6 is 0 Å². The van der Waals surface area contributed by atoms with Gasteiger partial charge in [0.15, 0.2) is 0 Å². The number of rotatable bonds is 5. The monoisotopic (exact) mass is 416 g/mol. The van der Waals surface area contributed by atoms with Gasteiger partial charge in [-0.1, -0.05) is 18.2 Å². The number of allylic oxidation sites excluding steroid dienone is 1. The van der Waals surface area contributed by atoms with Crippen LogP contribution in [0.2, 0.25) is 0 Å². The first-order valence-corrected chi connectivity index (χ1v) is 10.2. The molecule has 4 rings (SSSR count). The Hall–Kier alpha value is -3.87. The van der Waals surface area contributed by atoms with Gasteiger partial charge in [0.1, 0.15) is 5.56 Å². The molecule has 0 fully saturated rings. The second kappa shape index (κ2) is 8.10. The third-order valence-electron chi connectivity index (χ3n) is 5.52. The first-order valence-electron chi connectivity index (χ1n) is 10.2. The van der Waals surface area contributed by atoms with E-state index in [-0.39, 0.29) is 5.56 Å². The van der Waals surface area contributed by atoms with E-state index < -0.39 is 17.1 Å². The highest BCUT2D eigenvalue weighted by atomic mass is 16.3. The maximum atomic E-state index is 12.6. The van der Waals surface area contributed by atoms with Gasteiger partial charge in [0.25, 0.3) is 5.56 Å². The van der Waals surface area contributed by atoms with Crippen molar-refractivity contribution in [3.63, 3.8) is 0 Å². The molecule has 0 amide bonds. The van der Waals surface area contributed by atoms with Crippen LogP contribution in [0.5, 0.6) is 5.88 Å². The molecule has 2 heterocycles. The van der Waals surface area contributed by atoms with Gasteiger partial charge in [0.05, 0.1) is 11.4 Å². The molecule has 0 saturated heterocycles. The van der Waals surface area contributed by atoms with E-state index in [1.54, 1.807) is 18.2 Å². The Kier molecular flexibility index (Phi) is 5.33. The van der Waals surface area contributed by atoms with Crippen LogP contribution in [0, 0.1) is 0 Å². The topological polar surface area (TPSA) is 90.7 Å². The van der Waals surface area contributed by atoms with E-state index in [0.717, 1.165) is 45.9 Å². The number of para-hydroxylation sites is 1. The second-order valence-electron chi connectivity index (χ2n) is 7.29. The van der Waals surface area contributed by atoms with Crippen molar-refractivity contribution in [3.05, 3.63) is 80.5 Å². The average molecular weight is 416 g/mol. The van der Waals surface area contributed by atoms with Gasteiger partial charge in [0.2, 0.25) is 5.88 Å². The number of hydrogen-bond acceptors (Lipinski definition) is 5. The van der Waals surface area contributed by atoms with E-state index in [1.165, 1.54) is 0 Å². The molecule has 7 heteroatoms. The Labute approximate surface area is 179 Å². The molecular formula is C24H24N4O3. The number of benzene rings is 2. The van der Waals surface area contributed by atoms with E-state index >= 15 is 0 Å². The summed E-state index contributed by atoms with van der Waals surface area (Å²) in [5.41, 5.74) is 3.30. The second-order valence-corrected chi connectivity index (χ2v) is 7.29. The molecule has 0 unspecified atom stereocenters. The van der Waals surface area contributed by atoms with Gasteiger partial charge < -0.3 is 10.0 Å². The van der Waals surface area contributed by atoms with Crippen LogP contribution in [0.1, 0.15) is 31.9 Å². The lowest BCUT2D eigenvalue weighted by Crippen LogP contribution is -2.30. The molecule has 1 aliphatic heterocycles.